The lowest BCUT2D eigenvalue weighted by atomic mass is 9.91. The van der Waals surface area contributed by atoms with Crippen LogP contribution in [0.4, 0.5) is 0 Å². The van der Waals surface area contributed by atoms with Gasteiger partial charge in [0.25, 0.3) is 0 Å². The third-order valence-corrected chi connectivity index (χ3v) is 5.37. The topological polar surface area (TPSA) is 61.8 Å². The van der Waals surface area contributed by atoms with Gasteiger partial charge in [-0.2, -0.15) is 0 Å². The molecule has 0 aliphatic heterocycles. The van der Waals surface area contributed by atoms with Crippen LogP contribution in [-0.4, -0.2) is 25.7 Å². The van der Waals surface area contributed by atoms with Gasteiger partial charge in [-0.25, -0.2) is 4.79 Å². The molecule has 0 saturated carbocycles. The van der Waals surface area contributed by atoms with Crippen LogP contribution in [-0.2, 0) is 27.3 Å². The predicted molar refractivity (Wildman–Crippen MR) is 127 cm³/mol. The number of rotatable bonds is 11. The molecule has 5 nitrogen and oxygen atoms in total. The largest absolute Gasteiger partial charge is 0.494 e. The molecule has 0 saturated heterocycles. The lowest BCUT2D eigenvalue weighted by Crippen LogP contribution is -2.18. The van der Waals surface area contributed by atoms with Crippen LogP contribution >= 0.6 is 0 Å². The molecule has 1 atom stereocenters. The van der Waals surface area contributed by atoms with Crippen molar-refractivity contribution in [1.82, 2.24) is 0 Å². The molecule has 0 bridgehead atoms. The van der Waals surface area contributed by atoms with Gasteiger partial charge in [0.05, 0.1) is 25.2 Å². The fourth-order valence-corrected chi connectivity index (χ4v) is 3.43. The highest BCUT2D eigenvalue weighted by atomic mass is 16.5. The van der Waals surface area contributed by atoms with Gasteiger partial charge in [0.2, 0.25) is 0 Å². The van der Waals surface area contributed by atoms with Crippen LogP contribution in [0, 0.1) is 0 Å². The lowest BCUT2D eigenvalue weighted by Gasteiger charge is -2.18. The number of esters is 2. The predicted octanol–water partition coefficient (Wildman–Crippen LogP) is 5.72. The van der Waals surface area contributed by atoms with Crippen molar-refractivity contribution in [2.75, 3.05) is 13.7 Å². The van der Waals surface area contributed by atoms with Crippen LogP contribution in [0.15, 0.2) is 78.9 Å². The van der Waals surface area contributed by atoms with Gasteiger partial charge < -0.3 is 14.2 Å². The molecule has 0 spiro atoms. The number of hydrogen-bond acceptors (Lipinski definition) is 5. The fourth-order valence-electron chi connectivity index (χ4n) is 3.43. The van der Waals surface area contributed by atoms with Crippen molar-refractivity contribution in [3.8, 4) is 5.75 Å². The first-order chi connectivity index (χ1) is 16.1. The van der Waals surface area contributed by atoms with E-state index in [-0.39, 0.29) is 18.5 Å². The molecule has 0 N–H and O–H groups in total. The average molecular weight is 447 g/mol. The summed E-state index contributed by atoms with van der Waals surface area (Å²) in [5.74, 6) is -0.386. The Morgan fingerprint density at radius 3 is 2.18 bits per heavy atom. The normalized spacial score (nSPS) is 11.5. The molecule has 0 radical (unpaired) electrons. The molecule has 3 rings (SSSR count). The molecule has 0 aliphatic carbocycles. The summed E-state index contributed by atoms with van der Waals surface area (Å²) in [6.45, 7) is 3.01. The van der Waals surface area contributed by atoms with E-state index in [9.17, 15) is 9.59 Å². The van der Waals surface area contributed by atoms with Gasteiger partial charge in [-0.3, -0.25) is 4.79 Å². The molecule has 172 valence electrons. The number of hydrogen-bond donors (Lipinski definition) is 0. The van der Waals surface area contributed by atoms with Crippen LogP contribution in [0.25, 0.3) is 0 Å². The van der Waals surface area contributed by atoms with Gasteiger partial charge in [0, 0.05) is 0 Å². The van der Waals surface area contributed by atoms with Crippen LogP contribution < -0.4 is 4.74 Å². The summed E-state index contributed by atoms with van der Waals surface area (Å²) in [4.78, 5) is 24.8. The number of unbranched alkanes of at least 4 members (excludes halogenated alkanes) is 1. The maximum Gasteiger partial charge on any atom is 0.337 e. The Hall–Kier alpha value is -3.60. The van der Waals surface area contributed by atoms with Crippen molar-refractivity contribution in [1.29, 1.82) is 0 Å². The molecule has 3 aromatic carbocycles. The smallest absolute Gasteiger partial charge is 0.337 e. The van der Waals surface area contributed by atoms with Crippen LogP contribution in [0.3, 0.4) is 0 Å². The molecule has 0 aliphatic rings. The van der Waals surface area contributed by atoms with Crippen molar-refractivity contribution >= 4 is 11.9 Å². The Bertz CT molecular complexity index is 1010. The summed E-state index contributed by atoms with van der Waals surface area (Å²) >= 11 is 0. The standard InChI is InChI=1S/C28H30O5/c1-3-4-18-32-25-16-14-23(15-17-25)26(28(30)33-20-22-8-6-5-7-9-22)19-21-10-12-24(13-11-21)27(29)31-2/h5-17,26H,3-4,18-20H2,1-2H3. The van der Waals surface area contributed by atoms with Gasteiger partial charge in [0.1, 0.15) is 12.4 Å². The SMILES string of the molecule is CCCCOc1ccc(C(Cc2ccc(C(=O)OC)cc2)C(=O)OCc2ccccc2)cc1. The zero-order chi connectivity index (χ0) is 23.5. The minimum atomic E-state index is -0.484. The second-order valence-electron chi connectivity index (χ2n) is 7.81. The third-order valence-electron chi connectivity index (χ3n) is 5.37. The average Bonchev–Trinajstić information content (AvgIpc) is 2.87. The van der Waals surface area contributed by atoms with Crippen LogP contribution in [0.5, 0.6) is 5.75 Å². The zero-order valence-electron chi connectivity index (χ0n) is 19.2. The molecule has 1 unspecified atom stereocenters. The van der Waals surface area contributed by atoms with E-state index in [2.05, 4.69) is 6.92 Å². The summed E-state index contributed by atoms with van der Waals surface area (Å²) in [6, 6.07) is 24.3. The van der Waals surface area contributed by atoms with E-state index >= 15 is 0 Å². The number of benzene rings is 3. The first-order valence-corrected chi connectivity index (χ1v) is 11.2. The van der Waals surface area contributed by atoms with E-state index in [1.807, 2.05) is 66.7 Å². The van der Waals surface area contributed by atoms with Crippen molar-refractivity contribution in [3.05, 3.63) is 101 Å². The summed E-state index contributed by atoms with van der Waals surface area (Å²) in [6.07, 6.45) is 2.52. The fraction of sp³-hybridized carbons (Fsp3) is 0.286. The van der Waals surface area contributed by atoms with Crippen molar-refractivity contribution in [2.45, 2.75) is 38.7 Å². The molecule has 0 fully saturated rings. The number of carbonyl (C=O) groups excluding carboxylic acids is 2. The molecule has 3 aromatic rings. The minimum absolute atomic E-state index is 0.218. The quantitative estimate of drug-likeness (QED) is 0.278. The minimum Gasteiger partial charge on any atom is -0.494 e. The Balaban J connectivity index is 1.76. The van der Waals surface area contributed by atoms with Gasteiger partial charge >= 0.3 is 11.9 Å². The van der Waals surface area contributed by atoms with Crippen molar-refractivity contribution < 1.29 is 23.8 Å². The first-order valence-electron chi connectivity index (χ1n) is 11.2. The molecule has 0 heterocycles. The lowest BCUT2D eigenvalue weighted by molar-refractivity contribution is -0.146. The summed E-state index contributed by atoms with van der Waals surface area (Å²) in [5.41, 5.74) is 3.19. The molecule has 33 heavy (non-hydrogen) atoms. The van der Waals surface area contributed by atoms with Crippen LogP contribution in [0.2, 0.25) is 0 Å². The summed E-state index contributed by atoms with van der Waals surface area (Å²) < 4.78 is 16.2. The van der Waals surface area contributed by atoms with Crippen LogP contribution in [0.1, 0.15) is 52.7 Å². The maximum absolute atomic E-state index is 13.1. The number of methoxy groups -OCH3 is 1. The Morgan fingerprint density at radius 1 is 0.848 bits per heavy atom. The van der Waals surface area contributed by atoms with E-state index in [0.717, 1.165) is 35.3 Å². The molecule has 0 amide bonds. The van der Waals surface area contributed by atoms with Crippen molar-refractivity contribution in [2.24, 2.45) is 0 Å². The third kappa shape index (κ3) is 7.21. The Kier molecular flexibility index (Phi) is 9.07. The van der Waals surface area contributed by atoms with Gasteiger partial charge in [-0.1, -0.05) is 67.9 Å². The molecular weight excluding hydrogens is 416 g/mol. The molecular formula is C28H30O5. The van der Waals surface area contributed by atoms with E-state index in [0.29, 0.717) is 18.6 Å². The van der Waals surface area contributed by atoms with E-state index in [1.54, 1.807) is 12.1 Å². The van der Waals surface area contributed by atoms with Gasteiger partial charge in [0.15, 0.2) is 0 Å². The number of ether oxygens (including phenoxy) is 3. The highest BCUT2D eigenvalue weighted by Crippen LogP contribution is 2.26. The van der Waals surface area contributed by atoms with Gasteiger partial charge in [-0.15, -0.1) is 0 Å². The first kappa shape index (κ1) is 24.1. The second-order valence-corrected chi connectivity index (χ2v) is 7.81. The number of carbonyl (C=O) groups is 2. The zero-order valence-corrected chi connectivity index (χ0v) is 19.2. The van der Waals surface area contributed by atoms with E-state index in [4.69, 9.17) is 14.2 Å². The molecule has 5 heteroatoms. The Labute approximate surface area is 195 Å². The summed E-state index contributed by atoms with van der Waals surface area (Å²) in [7, 11) is 1.35. The monoisotopic (exact) mass is 446 g/mol. The second kappa shape index (κ2) is 12.4. The van der Waals surface area contributed by atoms with E-state index in [1.165, 1.54) is 7.11 Å². The van der Waals surface area contributed by atoms with E-state index < -0.39 is 5.92 Å². The summed E-state index contributed by atoms with van der Waals surface area (Å²) in [5, 5.41) is 0. The maximum atomic E-state index is 13.1. The molecule has 0 aromatic heterocycles. The van der Waals surface area contributed by atoms with Crippen molar-refractivity contribution in [3.63, 3.8) is 0 Å². The highest BCUT2D eigenvalue weighted by Gasteiger charge is 2.23. The van der Waals surface area contributed by atoms with Gasteiger partial charge in [-0.05, 0) is 53.8 Å². The Morgan fingerprint density at radius 2 is 1.55 bits per heavy atom. The highest BCUT2D eigenvalue weighted by molar-refractivity contribution is 5.89.